The summed E-state index contributed by atoms with van der Waals surface area (Å²) in [6, 6.07) is 5.52. The number of piperidine rings is 1. The van der Waals surface area contributed by atoms with Crippen LogP contribution in [0.3, 0.4) is 0 Å². The molecule has 2 amide bonds. The number of thioether (sulfide) groups is 1. The van der Waals surface area contributed by atoms with Gasteiger partial charge >= 0.3 is 0 Å². The number of likely N-dealkylation sites (tertiary alicyclic amines) is 1. The van der Waals surface area contributed by atoms with Gasteiger partial charge in [-0.2, -0.15) is 0 Å². The van der Waals surface area contributed by atoms with Gasteiger partial charge in [-0.15, -0.1) is 10.2 Å². The van der Waals surface area contributed by atoms with E-state index in [-0.39, 0.29) is 23.5 Å². The van der Waals surface area contributed by atoms with Gasteiger partial charge in [-0.25, -0.2) is 4.39 Å². The number of hydrogen-bond donors (Lipinski definition) is 1. The van der Waals surface area contributed by atoms with Crippen molar-refractivity contribution in [1.29, 1.82) is 0 Å². The molecule has 3 rings (SSSR count). The molecule has 0 spiro atoms. The van der Waals surface area contributed by atoms with Crippen molar-refractivity contribution in [1.82, 2.24) is 15.1 Å². The number of carbonyl (C=O) groups is 2. The lowest BCUT2D eigenvalue weighted by molar-refractivity contribution is -0.121. The van der Waals surface area contributed by atoms with Crippen molar-refractivity contribution in [3.8, 4) is 0 Å². The highest BCUT2D eigenvalue weighted by Crippen LogP contribution is 2.26. The van der Waals surface area contributed by atoms with Crippen LogP contribution in [0.5, 0.6) is 0 Å². The van der Waals surface area contributed by atoms with Crippen molar-refractivity contribution < 1.29 is 14.0 Å². The second-order valence-corrected chi connectivity index (χ2v) is 8.36. The highest BCUT2D eigenvalue weighted by atomic mass is 32.2. The minimum atomic E-state index is -0.367. The molecular weight excluding hydrogens is 375 g/mol. The first kappa shape index (κ1) is 18.8. The van der Waals surface area contributed by atoms with Gasteiger partial charge in [0.1, 0.15) is 5.82 Å². The smallest absolute Gasteiger partial charge is 0.253 e. The summed E-state index contributed by atoms with van der Waals surface area (Å²) in [4.78, 5) is 26.5. The zero-order valence-corrected chi connectivity index (χ0v) is 15.9. The number of nitrogens with zero attached hydrogens (tertiary/aromatic N) is 3. The number of nitrogens with one attached hydrogen (secondary N) is 1. The first-order valence-corrected chi connectivity index (χ1v) is 10.2. The molecule has 26 heavy (non-hydrogen) atoms. The highest BCUT2D eigenvalue weighted by Gasteiger charge is 2.28. The fourth-order valence-corrected chi connectivity index (χ4v) is 4.42. The summed E-state index contributed by atoms with van der Waals surface area (Å²) in [5.41, 5.74) is 0.462. The molecule has 9 heteroatoms. The first-order chi connectivity index (χ1) is 12.6. The summed E-state index contributed by atoms with van der Waals surface area (Å²) >= 11 is 2.95. The van der Waals surface area contributed by atoms with Gasteiger partial charge in [-0.3, -0.25) is 9.59 Å². The molecule has 6 nitrogen and oxygen atoms in total. The molecule has 2 aromatic rings. The zero-order valence-electron chi connectivity index (χ0n) is 14.3. The summed E-state index contributed by atoms with van der Waals surface area (Å²) in [6.07, 6.45) is 1.18. The monoisotopic (exact) mass is 394 g/mol. The maximum atomic E-state index is 13.0. The van der Waals surface area contributed by atoms with Crippen molar-refractivity contribution in [3.05, 3.63) is 35.6 Å². The number of halogens is 1. The average molecular weight is 394 g/mol. The van der Waals surface area contributed by atoms with Crippen LogP contribution in [0.25, 0.3) is 0 Å². The van der Waals surface area contributed by atoms with Crippen molar-refractivity contribution in [2.75, 3.05) is 24.2 Å². The van der Waals surface area contributed by atoms with E-state index in [4.69, 9.17) is 0 Å². The predicted molar refractivity (Wildman–Crippen MR) is 100.0 cm³/mol. The Bertz CT molecular complexity index is 773. The van der Waals surface area contributed by atoms with E-state index in [1.54, 1.807) is 16.7 Å². The van der Waals surface area contributed by atoms with E-state index in [2.05, 4.69) is 15.5 Å². The van der Waals surface area contributed by atoms with E-state index in [0.29, 0.717) is 36.6 Å². The van der Waals surface area contributed by atoms with Gasteiger partial charge < -0.3 is 10.2 Å². The zero-order chi connectivity index (χ0) is 18.5. The Morgan fingerprint density at radius 3 is 2.62 bits per heavy atom. The molecule has 1 N–H and O–H groups in total. The Morgan fingerprint density at radius 2 is 1.96 bits per heavy atom. The average Bonchev–Trinajstić information content (AvgIpc) is 3.09. The Kier molecular flexibility index (Phi) is 6.20. The van der Waals surface area contributed by atoms with E-state index in [1.165, 1.54) is 35.6 Å². The van der Waals surface area contributed by atoms with Crippen LogP contribution in [0.4, 0.5) is 9.52 Å². The van der Waals surface area contributed by atoms with E-state index >= 15 is 0 Å². The molecule has 1 fully saturated rings. The Hall–Kier alpha value is -2.00. The van der Waals surface area contributed by atoms with Crippen molar-refractivity contribution in [2.45, 2.75) is 24.1 Å². The van der Waals surface area contributed by atoms with Gasteiger partial charge in [0, 0.05) is 24.6 Å². The van der Waals surface area contributed by atoms with Gasteiger partial charge in [0.25, 0.3) is 5.91 Å². The molecule has 1 saturated heterocycles. The predicted octanol–water partition coefficient (Wildman–Crippen LogP) is 3.28. The first-order valence-electron chi connectivity index (χ1n) is 8.39. The van der Waals surface area contributed by atoms with Crippen molar-refractivity contribution in [3.63, 3.8) is 0 Å². The molecule has 1 aromatic heterocycles. The van der Waals surface area contributed by atoms with Crippen LogP contribution in [0.1, 0.15) is 30.1 Å². The van der Waals surface area contributed by atoms with Gasteiger partial charge in [-0.05, 0) is 42.9 Å². The summed E-state index contributed by atoms with van der Waals surface area (Å²) < 4.78 is 13.8. The molecule has 0 radical (unpaired) electrons. The van der Waals surface area contributed by atoms with Crippen LogP contribution in [0.15, 0.2) is 28.6 Å². The topological polar surface area (TPSA) is 75.2 Å². The number of amides is 2. The van der Waals surface area contributed by atoms with Crippen LogP contribution >= 0.6 is 23.1 Å². The standard InChI is InChI=1S/C17H19FN4O2S2/c1-2-25-17-21-20-16(26-17)19-14(23)11-7-9-22(10-8-11)15(24)12-3-5-13(18)6-4-12/h3-6,11H,2,7-10H2,1H3,(H,19,20,23). The molecule has 0 bridgehead atoms. The fraction of sp³-hybridized carbons (Fsp3) is 0.412. The second-order valence-electron chi connectivity index (χ2n) is 5.87. The minimum absolute atomic E-state index is 0.0805. The van der Waals surface area contributed by atoms with Crippen LogP contribution in [-0.4, -0.2) is 45.8 Å². The molecular formula is C17H19FN4O2S2. The number of aromatic nitrogens is 2. The van der Waals surface area contributed by atoms with Gasteiger partial charge in [0.05, 0.1) is 0 Å². The number of rotatable bonds is 5. The van der Waals surface area contributed by atoms with Crippen LogP contribution in [0.2, 0.25) is 0 Å². The van der Waals surface area contributed by atoms with Crippen LogP contribution in [-0.2, 0) is 4.79 Å². The fourth-order valence-electron chi connectivity index (χ4n) is 2.77. The lowest BCUT2D eigenvalue weighted by atomic mass is 9.95. The van der Waals surface area contributed by atoms with E-state index in [0.717, 1.165) is 10.1 Å². The Labute approximate surface area is 159 Å². The molecule has 0 aliphatic carbocycles. The highest BCUT2D eigenvalue weighted by molar-refractivity contribution is 8.01. The third-order valence-corrected chi connectivity index (χ3v) is 6.00. The van der Waals surface area contributed by atoms with Crippen molar-refractivity contribution in [2.24, 2.45) is 5.92 Å². The number of hydrogen-bond acceptors (Lipinski definition) is 6. The van der Waals surface area contributed by atoms with Gasteiger partial charge in [0.15, 0.2) is 4.34 Å². The maximum Gasteiger partial charge on any atom is 0.253 e. The quantitative estimate of drug-likeness (QED) is 0.622. The maximum absolute atomic E-state index is 13.0. The van der Waals surface area contributed by atoms with Crippen molar-refractivity contribution >= 4 is 40.0 Å². The Morgan fingerprint density at radius 1 is 1.27 bits per heavy atom. The summed E-state index contributed by atoms with van der Waals surface area (Å²) in [6.45, 7) is 3.04. The molecule has 1 aliphatic heterocycles. The second kappa shape index (κ2) is 8.59. The van der Waals surface area contributed by atoms with Gasteiger partial charge in [0.2, 0.25) is 11.0 Å². The third-order valence-electron chi connectivity index (χ3n) is 4.15. The molecule has 2 heterocycles. The van der Waals surface area contributed by atoms with E-state index < -0.39 is 0 Å². The number of carbonyl (C=O) groups excluding carboxylic acids is 2. The molecule has 1 aromatic carbocycles. The SMILES string of the molecule is CCSc1nnc(NC(=O)C2CCN(C(=O)c3ccc(F)cc3)CC2)s1. The molecule has 1 aliphatic rings. The van der Waals surface area contributed by atoms with Crippen LogP contribution < -0.4 is 5.32 Å². The summed E-state index contributed by atoms with van der Waals surface area (Å²) in [5, 5.41) is 11.3. The Balaban J connectivity index is 1.51. The summed E-state index contributed by atoms with van der Waals surface area (Å²) in [7, 11) is 0. The van der Waals surface area contributed by atoms with E-state index in [1.807, 2.05) is 6.92 Å². The lowest BCUT2D eigenvalue weighted by Crippen LogP contribution is -2.41. The summed E-state index contributed by atoms with van der Waals surface area (Å²) in [5.74, 6) is 0.174. The normalized spacial score (nSPS) is 15.1. The lowest BCUT2D eigenvalue weighted by Gasteiger charge is -2.31. The molecule has 0 saturated carbocycles. The van der Waals surface area contributed by atoms with Crippen LogP contribution in [0, 0.1) is 11.7 Å². The third kappa shape index (κ3) is 4.59. The van der Waals surface area contributed by atoms with E-state index in [9.17, 15) is 14.0 Å². The molecule has 138 valence electrons. The minimum Gasteiger partial charge on any atom is -0.339 e. The number of benzene rings is 1. The number of anilines is 1. The largest absolute Gasteiger partial charge is 0.339 e. The molecule has 0 unspecified atom stereocenters. The molecule has 0 atom stereocenters. The van der Waals surface area contributed by atoms with Gasteiger partial charge in [-0.1, -0.05) is 30.0 Å².